The summed E-state index contributed by atoms with van der Waals surface area (Å²) in [6.45, 7) is 6.03. The monoisotopic (exact) mass is 187 g/mol. The van der Waals surface area contributed by atoms with Crippen LogP contribution in [0.15, 0.2) is 18.2 Å². The van der Waals surface area contributed by atoms with Crippen molar-refractivity contribution < 1.29 is 0 Å². The third-order valence-corrected chi connectivity index (χ3v) is 2.17. The summed E-state index contributed by atoms with van der Waals surface area (Å²) in [5, 5.41) is 0. The molecule has 0 aliphatic carbocycles. The molecule has 0 amide bonds. The topological polar surface area (TPSA) is 26.0 Å². The summed E-state index contributed by atoms with van der Waals surface area (Å²) in [5.41, 5.74) is 9.73. The smallest absolute Gasteiger partial charge is 0.0406 e. The highest BCUT2D eigenvalue weighted by atomic mass is 14.6. The summed E-state index contributed by atoms with van der Waals surface area (Å²) in [6.07, 6.45) is 0.736. The van der Waals surface area contributed by atoms with Gasteiger partial charge in [0.1, 0.15) is 0 Å². The minimum atomic E-state index is 0.0426. The van der Waals surface area contributed by atoms with E-state index in [1.807, 2.05) is 6.92 Å². The fourth-order valence-corrected chi connectivity index (χ4v) is 1.55. The van der Waals surface area contributed by atoms with E-state index in [4.69, 9.17) is 5.73 Å². The SMILES string of the molecule is CC#CCC(N)c1cc(C)cc(C)c1. The first kappa shape index (κ1) is 10.8. The van der Waals surface area contributed by atoms with Gasteiger partial charge in [0.15, 0.2) is 0 Å². The Morgan fingerprint density at radius 3 is 2.29 bits per heavy atom. The van der Waals surface area contributed by atoms with E-state index < -0.39 is 0 Å². The van der Waals surface area contributed by atoms with E-state index in [0.29, 0.717) is 0 Å². The van der Waals surface area contributed by atoms with Crippen molar-refractivity contribution in [2.24, 2.45) is 5.73 Å². The van der Waals surface area contributed by atoms with Gasteiger partial charge in [0, 0.05) is 12.5 Å². The largest absolute Gasteiger partial charge is 0.323 e. The maximum absolute atomic E-state index is 6.02. The maximum atomic E-state index is 6.02. The molecule has 0 aliphatic heterocycles. The molecule has 2 N–H and O–H groups in total. The van der Waals surface area contributed by atoms with Crippen LogP contribution in [0.1, 0.15) is 36.1 Å². The molecule has 1 rings (SSSR count). The Morgan fingerprint density at radius 1 is 1.21 bits per heavy atom. The van der Waals surface area contributed by atoms with E-state index in [1.165, 1.54) is 16.7 Å². The van der Waals surface area contributed by atoms with Gasteiger partial charge in [0.25, 0.3) is 0 Å². The molecule has 1 atom stereocenters. The standard InChI is InChI=1S/C13H17N/c1-4-5-6-13(14)12-8-10(2)7-11(3)9-12/h7-9,13H,6,14H2,1-3H3. The van der Waals surface area contributed by atoms with Gasteiger partial charge in [-0.15, -0.1) is 11.8 Å². The Bertz CT molecular complexity index is 348. The van der Waals surface area contributed by atoms with Crippen molar-refractivity contribution in [1.29, 1.82) is 0 Å². The molecular formula is C13H17N. The molecule has 1 nitrogen and oxygen atoms in total. The van der Waals surface area contributed by atoms with Crippen LogP contribution in [0, 0.1) is 25.7 Å². The molecule has 0 bridgehead atoms. The lowest BCUT2D eigenvalue weighted by Gasteiger charge is -2.10. The van der Waals surface area contributed by atoms with Gasteiger partial charge in [-0.25, -0.2) is 0 Å². The summed E-state index contributed by atoms with van der Waals surface area (Å²) in [4.78, 5) is 0. The lowest BCUT2D eigenvalue weighted by atomic mass is 10.00. The van der Waals surface area contributed by atoms with Crippen LogP contribution < -0.4 is 5.73 Å². The normalized spacial score (nSPS) is 11.7. The van der Waals surface area contributed by atoms with Crippen molar-refractivity contribution in [1.82, 2.24) is 0 Å². The van der Waals surface area contributed by atoms with E-state index in [1.54, 1.807) is 0 Å². The van der Waals surface area contributed by atoms with Crippen LogP contribution >= 0.6 is 0 Å². The fourth-order valence-electron chi connectivity index (χ4n) is 1.55. The fraction of sp³-hybridized carbons (Fsp3) is 0.385. The molecular weight excluding hydrogens is 170 g/mol. The molecule has 0 saturated carbocycles. The molecule has 1 unspecified atom stereocenters. The number of hydrogen-bond acceptors (Lipinski definition) is 1. The lowest BCUT2D eigenvalue weighted by molar-refractivity contribution is 0.752. The predicted octanol–water partition coefficient (Wildman–Crippen LogP) is 2.72. The van der Waals surface area contributed by atoms with Gasteiger partial charge in [0.2, 0.25) is 0 Å². The van der Waals surface area contributed by atoms with Gasteiger partial charge in [-0.2, -0.15) is 0 Å². The highest BCUT2D eigenvalue weighted by molar-refractivity contribution is 5.31. The van der Waals surface area contributed by atoms with Crippen molar-refractivity contribution in [2.45, 2.75) is 33.2 Å². The molecule has 0 saturated heterocycles. The zero-order valence-corrected chi connectivity index (χ0v) is 9.09. The summed E-state index contributed by atoms with van der Waals surface area (Å²) < 4.78 is 0. The number of hydrogen-bond donors (Lipinski definition) is 1. The number of rotatable bonds is 2. The van der Waals surface area contributed by atoms with Gasteiger partial charge in [0.05, 0.1) is 0 Å². The van der Waals surface area contributed by atoms with Crippen molar-refractivity contribution in [3.05, 3.63) is 34.9 Å². The Balaban J connectivity index is 2.87. The second-order valence-electron chi connectivity index (χ2n) is 3.66. The van der Waals surface area contributed by atoms with E-state index in [2.05, 4.69) is 43.9 Å². The minimum absolute atomic E-state index is 0.0426. The minimum Gasteiger partial charge on any atom is -0.323 e. The van der Waals surface area contributed by atoms with E-state index in [0.717, 1.165) is 6.42 Å². The highest BCUT2D eigenvalue weighted by Gasteiger charge is 2.04. The van der Waals surface area contributed by atoms with E-state index in [-0.39, 0.29) is 6.04 Å². The summed E-state index contributed by atoms with van der Waals surface area (Å²) in [6, 6.07) is 6.46. The van der Waals surface area contributed by atoms with E-state index >= 15 is 0 Å². The second-order valence-corrected chi connectivity index (χ2v) is 3.66. The molecule has 0 radical (unpaired) electrons. The quantitative estimate of drug-likeness (QED) is 0.708. The predicted molar refractivity (Wildman–Crippen MR) is 60.9 cm³/mol. The molecule has 0 spiro atoms. The molecule has 74 valence electrons. The second kappa shape index (κ2) is 4.83. The van der Waals surface area contributed by atoms with Crippen LogP contribution in [0.25, 0.3) is 0 Å². The average molecular weight is 187 g/mol. The molecule has 0 aromatic heterocycles. The third kappa shape index (κ3) is 2.90. The Kier molecular flexibility index (Phi) is 3.73. The molecule has 1 heteroatoms. The molecule has 14 heavy (non-hydrogen) atoms. The van der Waals surface area contributed by atoms with Crippen molar-refractivity contribution in [3.8, 4) is 11.8 Å². The summed E-state index contributed by atoms with van der Waals surface area (Å²) in [5.74, 6) is 5.88. The lowest BCUT2D eigenvalue weighted by Crippen LogP contribution is -2.09. The average Bonchev–Trinajstić information content (AvgIpc) is 2.12. The van der Waals surface area contributed by atoms with E-state index in [9.17, 15) is 0 Å². The Hall–Kier alpha value is -1.26. The highest BCUT2D eigenvalue weighted by Crippen LogP contribution is 2.17. The van der Waals surface area contributed by atoms with Gasteiger partial charge < -0.3 is 5.73 Å². The molecule has 0 heterocycles. The zero-order valence-electron chi connectivity index (χ0n) is 9.09. The van der Waals surface area contributed by atoms with Crippen LogP contribution in [0.3, 0.4) is 0 Å². The Labute approximate surface area is 86.3 Å². The number of benzene rings is 1. The van der Waals surface area contributed by atoms with Crippen molar-refractivity contribution >= 4 is 0 Å². The van der Waals surface area contributed by atoms with Crippen LogP contribution in [0.5, 0.6) is 0 Å². The van der Waals surface area contributed by atoms with Crippen molar-refractivity contribution in [2.75, 3.05) is 0 Å². The Morgan fingerprint density at radius 2 is 1.79 bits per heavy atom. The molecule has 0 fully saturated rings. The number of aryl methyl sites for hydroxylation is 2. The van der Waals surface area contributed by atoms with Gasteiger partial charge in [-0.05, 0) is 26.3 Å². The number of nitrogens with two attached hydrogens (primary N) is 1. The first-order chi connectivity index (χ1) is 6.63. The van der Waals surface area contributed by atoms with Crippen LogP contribution in [-0.4, -0.2) is 0 Å². The van der Waals surface area contributed by atoms with Crippen LogP contribution in [-0.2, 0) is 0 Å². The first-order valence-corrected chi connectivity index (χ1v) is 4.87. The van der Waals surface area contributed by atoms with Gasteiger partial charge in [-0.3, -0.25) is 0 Å². The third-order valence-electron chi connectivity index (χ3n) is 2.17. The molecule has 1 aromatic rings. The van der Waals surface area contributed by atoms with Gasteiger partial charge in [-0.1, -0.05) is 29.3 Å². The molecule has 0 aliphatic rings. The maximum Gasteiger partial charge on any atom is 0.0406 e. The van der Waals surface area contributed by atoms with Crippen molar-refractivity contribution in [3.63, 3.8) is 0 Å². The van der Waals surface area contributed by atoms with Gasteiger partial charge >= 0.3 is 0 Å². The van der Waals surface area contributed by atoms with Crippen LogP contribution in [0.2, 0.25) is 0 Å². The molecule has 1 aromatic carbocycles. The summed E-state index contributed by atoms with van der Waals surface area (Å²) in [7, 11) is 0. The van der Waals surface area contributed by atoms with Crippen LogP contribution in [0.4, 0.5) is 0 Å². The first-order valence-electron chi connectivity index (χ1n) is 4.87. The summed E-state index contributed by atoms with van der Waals surface area (Å²) >= 11 is 0. The zero-order chi connectivity index (χ0) is 10.6.